The third kappa shape index (κ3) is 9.28. The number of pyridine rings is 1. The molecular formula is C41H63N7O10. The number of hydrogen-bond acceptors (Lipinski definition) is 15. The second-order valence-electron chi connectivity index (χ2n) is 17.0. The van der Waals surface area contributed by atoms with Gasteiger partial charge in [0.1, 0.15) is 23.9 Å². The van der Waals surface area contributed by atoms with E-state index in [-0.39, 0.29) is 37.3 Å². The van der Waals surface area contributed by atoms with Gasteiger partial charge in [0, 0.05) is 55.4 Å². The number of hydrogen-bond donors (Lipinski definition) is 1. The van der Waals surface area contributed by atoms with E-state index in [0.29, 0.717) is 31.6 Å². The maximum Gasteiger partial charge on any atom is 0.410 e. The summed E-state index contributed by atoms with van der Waals surface area (Å²) < 4.78 is 31.1. The fourth-order valence-corrected chi connectivity index (χ4v) is 9.19. The number of aromatic nitrogens is 5. The van der Waals surface area contributed by atoms with E-state index in [4.69, 9.17) is 23.7 Å². The van der Waals surface area contributed by atoms with Crippen LogP contribution in [-0.4, -0.2) is 145 Å². The summed E-state index contributed by atoms with van der Waals surface area (Å²) in [4.78, 5) is 65.8. The summed E-state index contributed by atoms with van der Waals surface area (Å²) in [6.07, 6.45) is 0.253. The SMILES string of the molecule is CC[C@H]1OC(=O)[C@H](C)C(=O)[C@H](C)[C@@H](O[C@@H]2O[C@H](C)C[C@H](N(C)C)[C@H]2O)[C@](C)(OC)C[C@@H](C)C(=O)[C@H](C)[C@H]2N(CCCCn3nnc(-c4cccnc4)n3)C(=O)O[C@]12C. The molecule has 0 bridgehead atoms. The Balaban J connectivity index is 1.43. The lowest BCUT2D eigenvalue weighted by Gasteiger charge is -2.47. The number of methoxy groups -OCH3 is 1. The number of likely N-dealkylation sites (N-methyl/N-ethyl adjacent to an activating group) is 1. The van der Waals surface area contributed by atoms with Crippen molar-refractivity contribution in [2.75, 3.05) is 27.7 Å². The van der Waals surface area contributed by atoms with Crippen molar-refractivity contribution >= 4 is 23.6 Å². The summed E-state index contributed by atoms with van der Waals surface area (Å²) >= 11 is 0. The Hall–Kier alpha value is -3.90. The maximum absolute atomic E-state index is 14.7. The van der Waals surface area contributed by atoms with Gasteiger partial charge in [0.2, 0.25) is 5.82 Å². The second-order valence-corrected chi connectivity index (χ2v) is 17.0. The predicted molar refractivity (Wildman–Crippen MR) is 210 cm³/mol. The minimum atomic E-state index is -1.43. The highest BCUT2D eigenvalue weighted by molar-refractivity contribution is 6.00. The summed E-state index contributed by atoms with van der Waals surface area (Å²) in [5.41, 5.74) is -1.96. The van der Waals surface area contributed by atoms with Crippen LogP contribution < -0.4 is 0 Å². The monoisotopic (exact) mass is 813 g/mol. The van der Waals surface area contributed by atoms with Gasteiger partial charge in [-0.2, -0.15) is 4.80 Å². The van der Waals surface area contributed by atoms with Gasteiger partial charge in [-0.25, -0.2) is 4.79 Å². The van der Waals surface area contributed by atoms with Crippen LogP contribution in [-0.2, 0) is 44.6 Å². The largest absolute Gasteiger partial charge is 0.458 e. The van der Waals surface area contributed by atoms with Crippen molar-refractivity contribution in [3.8, 4) is 11.4 Å². The average Bonchev–Trinajstić information content (AvgIpc) is 3.78. The number of fused-ring (bicyclic) bond motifs is 1. The summed E-state index contributed by atoms with van der Waals surface area (Å²) in [5, 5.41) is 24.2. The van der Waals surface area contributed by atoms with Crippen molar-refractivity contribution in [3.63, 3.8) is 0 Å². The molecule has 322 valence electrons. The number of carbonyl (C=O) groups excluding carboxylic acids is 4. The van der Waals surface area contributed by atoms with Crippen molar-refractivity contribution in [1.29, 1.82) is 0 Å². The zero-order valence-corrected chi connectivity index (χ0v) is 35.9. The normalized spacial score (nSPS) is 36.7. The van der Waals surface area contributed by atoms with E-state index >= 15 is 0 Å². The number of esters is 1. The minimum Gasteiger partial charge on any atom is -0.458 e. The van der Waals surface area contributed by atoms with Crippen LogP contribution in [0.25, 0.3) is 11.4 Å². The summed E-state index contributed by atoms with van der Waals surface area (Å²) in [5.74, 6) is -4.60. The van der Waals surface area contributed by atoms with Crippen LogP contribution in [0.5, 0.6) is 0 Å². The van der Waals surface area contributed by atoms with Gasteiger partial charge in [0.25, 0.3) is 0 Å². The lowest BCUT2D eigenvalue weighted by atomic mass is 9.73. The van der Waals surface area contributed by atoms with Crippen LogP contribution in [0.3, 0.4) is 0 Å². The van der Waals surface area contributed by atoms with E-state index in [1.165, 1.54) is 18.8 Å². The zero-order valence-electron chi connectivity index (χ0n) is 35.9. The van der Waals surface area contributed by atoms with E-state index in [1.807, 2.05) is 32.0 Å². The molecule has 3 fully saturated rings. The smallest absolute Gasteiger partial charge is 0.410 e. The Morgan fingerprint density at radius 2 is 1.72 bits per heavy atom. The van der Waals surface area contributed by atoms with Gasteiger partial charge < -0.3 is 38.6 Å². The van der Waals surface area contributed by atoms with E-state index in [9.17, 15) is 24.3 Å². The van der Waals surface area contributed by atoms with Crippen LogP contribution in [0, 0.1) is 23.7 Å². The number of nitrogens with zero attached hydrogens (tertiary/aromatic N) is 7. The van der Waals surface area contributed by atoms with Crippen molar-refractivity contribution in [3.05, 3.63) is 24.5 Å². The molecule has 0 spiro atoms. The number of ether oxygens (including phenoxy) is 5. The van der Waals surface area contributed by atoms with Crippen LogP contribution in [0.1, 0.15) is 87.5 Å². The predicted octanol–water partition coefficient (Wildman–Crippen LogP) is 3.72. The average molecular weight is 814 g/mol. The summed E-state index contributed by atoms with van der Waals surface area (Å²) in [7, 11) is 5.22. The molecule has 0 radical (unpaired) electrons. The van der Waals surface area contributed by atoms with Crippen molar-refractivity contribution in [2.24, 2.45) is 23.7 Å². The standard InChI is InChI=1S/C41H63N7O10/c1-12-30-41(8)34(47(39(53)58-41)18-13-14-19-48-44-36(43-45-48)28-16-15-17-42-22-28)25(4)31(49)23(2)21-40(7,54-11)35(26(5)32(50)27(6)37(52)56-30)57-38-33(51)29(46(9)10)20-24(3)55-38/h15-17,22-27,29-30,33-35,38,51H,12-14,18-21H2,1-11H3/t23-,24-,25+,26+,27-,29+,30-,33-,34-,35-,38+,40-,41-/m1/s1. The molecule has 17 nitrogen and oxygen atoms in total. The molecule has 0 aromatic carbocycles. The first kappa shape index (κ1) is 45.2. The number of rotatable bonds is 11. The fourth-order valence-electron chi connectivity index (χ4n) is 9.19. The second kappa shape index (κ2) is 18.6. The molecule has 5 rings (SSSR count). The Bertz CT molecular complexity index is 1750. The molecule has 0 unspecified atom stereocenters. The molecule has 0 saturated carbocycles. The highest BCUT2D eigenvalue weighted by atomic mass is 16.7. The molecule has 58 heavy (non-hydrogen) atoms. The number of unbranched alkanes of at least 4 members (excludes halogenated alkanes) is 1. The van der Waals surface area contributed by atoms with Gasteiger partial charge in [-0.3, -0.25) is 19.4 Å². The van der Waals surface area contributed by atoms with Gasteiger partial charge in [-0.15, -0.1) is 10.2 Å². The third-order valence-corrected chi connectivity index (χ3v) is 12.5. The van der Waals surface area contributed by atoms with Crippen molar-refractivity contribution in [1.82, 2.24) is 35.0 Å². The molecule has 2 aromatic rings. The summed E-state index contributed by atoms with van der Waals surface area (Å²) in [6.45, 7) is 14.6. The van der Waals surface area contributed by atoms with E-state index < -0.39 is 83.4 Å². The molecule has 2 aromatic heterocycles. The van der Waals surface area contributed by atoms with Gasteiger partial charge in [0.15, 0.2) is 17.7 Å². The number of amides is 1. The molecule has 3 aliphatic rings. The lowest BCUT2D eigenvalue weighted by molar-refractivity contribution is -0.295. The van der Waals surface area contributed by atoms with Crippen LogP contribution in [0.2, 0.25) is 0 Å². The topological polar surface area (TPSA) is 198 Å². The Morgan fingerprint density at radius 1 is 1.02 bits per heavy atom. The molecule has 3 aliphatic heterocycles. The van der Waals surface area contributed by atoms with Crippen molar-refractivity contribution < 1.29 is 48.0 Å². The van der Waals surface area contributed by atoms with Crippen molar-refractivity contribution in [2.45, 2.75) is 148 Å². The molecular weight excluding hydrogens is 750 g/mol. The minimum absolute atomic E-state index is 0.116. The molecule has 17 heteroatoms. The van der Waals surface area contributed by atoms with Crippen LogP contribution >= 0.6 is 0 Å². The van der Waals surface area contributed by atoms with Crippen LogP contribution in [0.4, 0.5) is 4.79 Å². The maximum atomic E-state index is 14.7. The fraction of sp³-hybridized carbons (Fsp3) is 0.756. The summed E-state index contributed by atoms with van der Waals surface area (Å²) in [6, 6.07) is 2.54. The van der Waals surface area contributed by atoms with E-state index in [2.05, 4.69) is 20.4 Å². The van der Waals surface area contributed by atoms with Crippen LogP contribution in [0.15, 0.2) is 24.5 Å². The Morgan fingerprint density at radius 3 is 2.36 bits per heavy atom. The first-order valence-corrected chi connectivity index (χ1v) is 20.5. The lowest BCUT2D eigenvalue weighted by Crippen LogP contribution is -2.60. The van der Waals surface area contributed by atoms with Gasteiger partial charge in [-0.1, -0.05) is 27.7 Å². The number of ketones is 2. The first-order chi connectivity index (χ1) is 27.4. The van der Waals surface area contributed by atoms with Gasteiger partial charge in [0.05, 0.1) is 30.4 Å². The Labute approximate surface area is 341 Å². The van der Waals surface area contributed by atoms with Gasteiger partial charge in [-0.05, 0) is 91.2 Å². The Kier molecular flexibility index (Phi) is 14.5. The number of aliphatic hydroxyl groups is 1. The molecule has 0 aliphatic carbocycles. The van der Waals surface area contributed by atoms with E-state index in [1.54, 1.807) is 64.9 Å². The molecule has 5 heterocycles. The molecule has 1 amide bonds. The third-order valence-electron chi connectivity index (χ3n) is 12.5. The highest BCUT2D eigenvalue weighted by Crippen LogP contribution is 2.43. The number of Topliss-reactive ketones (excluding diaryl/α,β-unsaturated/α-hetero) is 2. The van der Waals surface area contributed by atoms with Gasteiger partial charge >= 0.3 is 12.1 Å². The number of aryl methyl sites for hydroxylation is 1. The number of carbonyl (C=O) groups is 4. The zero-order chi connectivity index (χ0) is 42.7. The highest BCUT2D eigenvalue weighted by Gasteiger charge is 2.60. The quantitative estimate of drug-likeness (QED) is 0.196. The molecule has 13 atom stereocenters. The number of cyclic esters (lactones) is 1. The molecule has 1 N–H and O–H groups in total. The van der Waals surface area contributed by atoms with E-state index in [0.717, 1.165) is 5.56 Å². The number of aliphatic hydroxyl groups excluding tert-OH is 1. The first-order valence-electron chi connectivity index (χ1n) is 20.5. The molecule has 3 saturated heterocycles. The number of tetrazole rings is 1.